The molecule has 6 nitrogen and oxygen atoms in total. The van der Waals surface area contributed by atoms with E-state index in [0.29, 0.717) is 5.75 Å². The van der Waals surface area contributed by atoms with E-state index in [4.69, 9.17) is 15.6 Å². The van der Waals surface area contributed by atoms with Crippen LogP contribution in [0.25, 0.3) is 0 Å². The summed E-state index contributed by atoms with van der Waals surface area (Å²) < 4.78 is 5.31. The van der Waals surface area contributed by atoms with Gasteiger partial charge in [0, 0.05) is 19.8 Å². The van der Waals surface area contributed by atoms with E-state index in [-0.39, 0.29) is 30.2 Å². The second-order valence-corrected chi connectivity index (χ2v) is 3.94. The van der Waals surface area contributed by atoms with Crippen LogP contribution in [0.5, 0.6) is 5.75 Å². The van der Waals surface area contributed by atoms with Gasteiger partial charge in [0.1, 0.15) is 5.75 Å². The van der Waals surface area contributed by atoms with Crippen molar-refractivity contribution >= 4 is 17.6 Å². The molecular weight excluding hydrogens is 236 g/mol. The lowest BCUT2D eigenvalue weighted by Gasteiger charge is -2.11. The molecule has 6 heteroatoms. The van der Waals surface area contributed by atoms with Crippen LogP contribution in [0.2, 0.25) is 0 Å². The average molecular weight is 252 g/mol. The molecule has 1 rings (SSSR count). The summed E-state index contributed by atoms with van der Waals surface area (Å²) in [4.78, 5) is 23.6. The number of benzene rings is 1. The number of carbonyl (C=O) groups is 2. The first-order valence-corrected chi connectivity index (χ1v) is 5.37. The maximum Gasteiger partial charge on any atom is 0.337 e. The number of rotatable bonds is 5. The predicted molar refractivity (Wildman–Crippen MR) is 66.6 cm³/mol. The van der Waals surface area contributed by atoms with Crippen molar-refractivity contribution < 1.29 is 19.4 Å². The van der Waals surface area contributed by atoms with Gasteiger partial charge in [-0.25, -0.2) is 4.79 Å². The highest BCUT2D eigenvalue weighted by Crippen LogP contribution is 2.19. The second-order valence-electron chi connectivity index (χ2n) is 3.94. The van der Waals surface area contributed by atoms with Gasteiger partial charge in [-0.2, -0.15) is 0 Å². The standard InChI is InChI=1S/C12H16N2O4/c1-14(2)11(15)5-6-18-8-3-4-10(13)9(7-8)12(16)17/h3-4,7H,5-6,13H2,1-2H3,(H,16,17). The third-order valence-corrected chi connectivity index (χ3v) is 2.34. The quantitative estimate of drug-likeness (QED) is 0.757. The topological polar surface area (TPSA) is 92.9 Å². The van der Waals surface area contributed by atoms with E-state index in [1.165, 1.54) is 17.0 Å². The number of hydrogen-bond donors (Lipinski definition) is 2. The molecule has 0 aliphatic carbocycles. The van der Waals surface area contributed by atoms with Crippen LogP contribution in [-0.2, 0) is 4.79 Å². The summed E-state index contributed by atoms with van der Waals surface area (Å²) in [6.45, 7) is 0.194. The highest BCUT2D eigenvalue weighted by Gasteiger charge is 2.10. The van der Waals surface area contributed by atoms with Crippen molar-refractivity contribution in [3.8, 4) is 5.75 Å². The molecule has 1 aromatic carbocycles. The molecule has 0 spiro atoms. The number of nitrogens with two attached hydrogens (primary N) is 1. The van der Waals surface area contributed by atoms with Gasteiger partial charge in [0.2, 0.25) is 5.91 Å². The lowest BCUT2D eigenvalue weighted by molar-refractivity contribution is -0.129. The Hall–Kier alpha value is -2.24. The van der Waals surface area contributed by atoms with Crippen molar-refractivity contribution in [3.63, 3.8) is 0 Å². The number of carboxylic acids is 1. The Labute approximate surface area is 105 Å². The number of nitrogens with zero attached hydrogens (tertiary/aromatic N) is 1. The molecule has 0 atom stereocenters. The number of aromatic carboxylic acids is 1. The predicted octanol–water partition coefficient (Wildman–Crippen LogP) is 0.824. The van der Waals surface area contributed by atoms with Gasteiger partial charge < -0.3 is 20.5 Å². The highest BCUT2D eigenvalue weighted by molar-refractivity contribution is 5.94. The molecular formula is C12H16N2O4. The number of nitrogen functional groups attached to an aromatic ring is 1. The molecule has 1 amide bonds. The van der Waals surface area contributed by atoms with E-state index in [2.05, 4.69) is 0 Å². The van der Waals surface area contributed by atoms with Crippen LogP contribution in [0.3, 0.4) is 0 Å². The number of hydrogen-bond acceptors (Lipinski definition) is 4. The Kier molecular flexibility index (Phi) is 4.53. The number of anilines is 1. The van der Waals surface area contributed by atoms with Crippen LogP contribution in [0, 0.1) is 0 Å². The molecule has 0 heterocycles. The minimum absolute atomic E-state index is 0.00793. The number of ether oxygens (including phenoxy) is 1. The Balaban J connectivity index is 2.61. The van der Waals surface area contributed by atoms with Gasteiger partial charge in [-0.05, 0) is 18.2 Å². The Morgan fingerprint density at radius 2 is 2.06 bits per heavy atom. The fourth-order valence-corrected chi connectivity index (χ4v) is 1.29. The molecule has 98 valence electrons. The van der Waals surface area contributed by atoms with E-state index >= 15 is 0 Å². The van der Waals surface area contributed by atoms with E-state index in [1.807, 2.05) is 0 Å². The van der Waals surface area contributed by atoms with Crippen molar-refractivity contribution in [1.29, 1.82) is 0 Å². The van der Waals surface area contributed by atoms with E-state index in [9.17, 15) is 9.59 Å². The molecule has 0 aliphatic heterocycles. The van der Waals surface area contributed by atoms with Gasteiger partial charge in [-0.1, -0.05) is 0 Å². The number of carbonyl (C=O) groups excluding carboxylic acids is 1. The minimum atomic E-state index is -1.11. The summed E-state index contributed by atoms with van der Waals surface area (Å²) in [7, 11) is 3.32. The Morgan fingerprint density at radius 3 is 2.61 bits per heavy atom. The second kappa shape index (κ2) is 5.90. The van der Waals surface area contributed by atoms with Crippen LogP contribution in [0.15, 0.2) is 18.2 Å². The smallest absolute Gasteiger partial charge is 0.337 e. The van der Waals surface area contributed by atoms with Crippen LogP contribution in [-0.4, -0.2) is 42.6 Å². The third kappa shape index (κ3) is 3.65. The van der Waals surface area contributed by atoms with Gasteiger partial charge in [0.05, 0.1) is 18.6 Å². The van der Waals surface area contributed by atoms with Gasteiger partial charge in [-0.3, -0.25) is 4.79 Å². The molecule has 1 aromatic rings. The SMILES string of the molecule is CN(C)C(=O)CCOc1ccc(N)c(C(=O)O)c1. The van der Waals surface area contributed by atoms with Gasteiger partial charge in [0.25, 0.3) is 0 Å². The summed E-state index contributed by atoms with van der Waals surface area (Å²) in [5.41, 5.74) is 5.68. The summed E-state index contributed by atoms with van der Waals surface area (Å²) in [6, 6.07) is 4.38. The maximum atomic E-state index is 11.3. The molecule has 0 aromatic heterocycles. The van der Waals surface area contributed by atoms with Crippen LogP contribution < -0.4 is 10.5 Å². The van der Waals surface area contributed by atoms with Gasteiger partial charge >= 0.3 is 5.97 Å². The zero-order chi connectivity index (χ0) is 13.7. The van der Waals surface area contributed by atoms with Gasteiger partial charge in [-0.15, -0.1) is 0 Å². The summed E-state index contributed by atoms with van der Waals surface area (Å²) in [5, 5.41) is 8.88. The van der Waals surface area contributed by atoms with E-state index in [0.717, 1.165) is 0 Å². The molecule has 0 saturated heterocycles. The first-order valence-electron chi connectivity index (χ1n) is 5.37. The maximum absolute atomic E-state index is 11.3. The monoisotopic (exact) mass is 252 g/mol. The van der Waals surface area contributed by atoms with Crippen LogP contribution in [0.1, 0.15) is 16.8 Å². The summed E-state index contributed by atoms with van der Waals surface area (Å²) in [5.74, 6) is -0.778. The lowest BCUT2D eigenvalue weighted by Crippen LogP contribution is -2.23. The average Bonchev–Trinajstić information content (AvgIpc) is 2.30. The molecule has 0 fully saturated rings. The van der Waals surface area contributed by atoms with Crippen molar-refractivity contribution in [2.24, 2.45) is 0 Å². The van der Waals surface area contributed by atoms with Gasteiger partial charge in [0.15, 0.2) is 0 Å². The van der Waals surface area contributed by atoms with E-state index < -0.39 is 5.97 Å². The summed E-state index contributed by atoms with van der Waals surface area (Å²) >= 11 is 0. The molecule has 0 unspecified atom stereocenters. The lowest BCUT2D eigenvalue weighted by atomic mass is 10.2. The first kappa shape index (κ1) is 13.8. The summed E-state index contributed by atoms with van der Waals surface area (Å²) in [6.07, 6.45) is 0.236. The first-order chi connectivity index (χ1) is 8.41. The van der Waals surface area contributed by atoms with Crippen molar-refractivity contribution in [3.05, 3.63) is 23.8 Å². The molecule has 3 N–H and O–H groups in total. The Morgan fingerprint density at radius 1 is 1.39 bits per heavy atom. The third-order valence-electron chi connectivity index (χ3n) is 2.34. The van der Waals surface area contributed by atoms with Crippen molar-refractivity contribution in [2.45, 2.75) is 6.42 Å². The molecule has 0 aliphatic rings. The zero-order valence-corrected chi connectivity index (χ0v) is 10.3. The number of amides is 1. The van der Waals surface area contributed by atoms with E-state index in [1.54, 1.807) is 20.2 Å². The molecule has 0 bridgehead atoms. The normalized spacial score (nSPS) is 9.89. The van der Waals surface area contributed by atoms with Crippen molar-refractivity contribution in [1.82, 2.24) is 4.90 Å². The highest BCUT2D eigenvalue weighted by atomic mass is 16.5. The van der Waals surface area contributed by atoms with Crippen LogP contribution >= 0.6 is 0 Å². The molecule has 18 heavy (non-hydrogen) atoms. The number of carboxylic acid groups (broad SMARTS) is 1. The fraction of sp³-hybridized carbons (Fsp3) is 0.333. The van der Waals surface area contributed by atoms with Crippen LogP contribution in [0.4, 0.5) is 5.69 Å². The minimum Gasteiger partial charge on any atom is -0.493 e. The Bertz CT molecular complexity index is 457. The van der Waals surface area contributed by atoms with Crippen molar-refractivity contribution in [2.75, 3.05) is 26.4 Å². The molecule has 0 saturated carbocycles. The zero-order valence-electron chi connectivity index (χ0n) is 10.3. The largest absolute Gasteiger partial charge is 0.493 e. The molecule has 0 radical (unpaired) electrons. The fourth-order valence-electron chi connectivity index (χ4n) is 1.29.